The largest absolute Gasteiger partial charge is 0.329 e. The molecule has 0 saturated carbocycles. The molecule has 0 aromatic rings. The van der Waals surface area contributed by atoms with Crippen LogP contribution in [0, 0.1) is 0 Å². The molecule has 0 fully saturated rings. The van der Waals surface area contributed by atoms with Crippen molar-refractivity contribution in [1.29, 1.82) is 0 Å². The van der Waals surface area contributed by atoms with E-state index in [1.54, 1.807) is 0 Å². The lowest BCUT2D eigenvalue weighted by Crippen LogP contribution is -2.34. The van der Waals surface area contributed by atoms with Gasteiger partial charge in [0.25, 0.3) is 0 Å². The summed E-state index contributed by atoms with van der Waals surface area (Å²) in [5, 5.41) is 0. The molecule has 1 atom stereocenters. The molecule has 0 spiro atoms. The second-order valence-electron chi connectivity index (χ2n) is 7.48. The van der Waals surface area contributed by atoms with Crippen LogP contribution in [0.2, 0.25) is 0 Å². The molecule has 3 nitrogen and oxygen atoms in total. The van der Waals surface area contributed by atoms with Crippen molar-refractivity contribution in [1.82, 2.24) is 4.90 Å². The van der Waals surface area contributed by atoms with Gasteiger partial charge in [0, 0.05) is 32.3 Å². The number of aliphatic imine (C=N–C) groups is 1. The number of nitrogens with zero attached hydrogens (tertiary/aromatic N) is 2. The number of hydrogen-bond acceptors (Lipinski definition) is 3. The van der Waals surface area contributed by atoms with E-state index in [4.69, 9.17) is 5.73 Å². The van der Waals surface area contributed by atoms with Gasteiger partial charge in [0.15, 0.2) is 0 Å². The Balaban J connectivity index is 1.82. The van der Waals surface area contributed by atoms with Crippen molar-refractivity contribution < 1.29 is 0 Å². The molecule has 0 aromatic carbocycles. The van der Waals surface area contributed by atoms with Crippen LogP contribution in [0.3, 0.4) is 0 Å². The lowest BCUT2D eigenvalue weighted by molar-refractivity contribution is 0.259. The molecular weight excluding hydrogens is 306 g/mol. The highest BCUT2D eigenvalue weighted by Gasteiger charge is 2.18. The molecule has 25 heavy (non-hydrogen) atoms. The molecule has 0 aromatic heterocycles. The van der Waals surface area contributed by atoms with Crippen LogP contribution in [-0.2, 0) is 0 Å². The van der Waals surface area contributed by atoms with E-state index in [1.807, 2.05) is 6.21 Å². The van der Waals surface area contributed by atoms with Crippen LogP contribution >= 0.6 is 0 Å². The van der Waals surface area contributed by atoms with Gasteiger partial charge in [-0.2, -0.15) is 0 Å². The molecule has 0 aliphatic carbocycles. The number of allylic oxidation sites excluding steroid dienone is 1. The molecule has 0 saturated heterocycles. The van der Waals surface area contributed by atoms with E-state index in [1.165, 1.54) is 83.5 Å². The SMILES string of the molecule is CCCCCCCCCCCCCC/C=C/CC1N=CCN1CCN. The van der Waals surface area contributed by atoms with Crippen molar-refractivity contribution in [2.24, 2.45) is 10.7 Å². The average Bonchev–Trinajstić information content (AvgIpc) is 3.06. The third-order valence-electron chi connectivity index (χ3n) is 5.17. The van der Waals surface area contributed by atoms with Gasteiger partial charge in [0.2, 0.25) is 0 Å². The molecule has 0 bridgehead atoms. The summed E-state index contributed by atoms with van der Waals surface area (Å²) in [5.41, 5.74) is 5.64. The van der Waals surface area contributed by atoms with Gasteiger partial charge in [0.1, 0.15) is 6.17 Å². The molecule has 0 amide bonds. The second kappa shape index (κ2) is 16.8. The number of hydrogen-bond donors (Lipinski definition) is 1. The van der Waals surface area contributed by atoms with Crippen molar-refractivity contribution in [2.45, 2.75) is 103 Å². The van der Waals surface area contributed by atoms with Gasteiger partial charge in [-0.05, 0) is 12.8 Å². The monoisotopic (exact) mass is 349 g/mol. The van der Waals surface area contributed by atoms with Crippen molar-refractivity contribution >= 4 is 6.21 Å². The van der Waals surface area contributed by atoms with E-state index in [9.17, 15) is 0 Å². The predicted octanol–water partition coefficient (Wildman–Crippen LogP) is 5.70. The smallest absolute Gasteiger partial charge is 0.105 e. The van der Waals surface area contributed by atoms with E-state index in [2.05, 4.69) is 29.0 Å². The van der Waals surface area contributed by atoms with Gasteiger partial charge < -0.3 is 5.73 Å². The Labute approximate surface area is 157 Å². The Kier molecular flexibility index (Phi) is 15.0. The first-order chi connectivity index (χ1) is 12.4. The van der Waals surface area contributed by atoms with Crippen LogP contribution in [0.1, 0.15) is 96.8 Å². The summed E-state index contributed by atoms with van der Waals surface area (Å²) in [6.07, 6.45) is 26.4. The Morgan fingerprint density at radius 3 is 2.12 bits per heavy atom. The number of unbranched alkanes of at least 4 members (excludes halogenated alkanes) is 12. The first-order valence-electron chi connectivity index (χ1n) is 11.0. The first kappa shape index (κ1) is 22.4. The molecule has 2 N–H and O–H groups in total. The summed E-state index contributed by atoms with van der Waals surface area (Å²) in [4.78, 5) is 6.89. The lowest BCUT2D eigenvalue weighted by Gasteiger charge is -2.20. The fourth-order valence-corrected chi connectivity index (χ4v) is 3.54. The maximum Gasteiger partial charge on any atom is 0.105 e. The van der Waals surface area contributed by atoms with E-state index in [0.29, 0.717) is 6.17 Å². The quantitative estimate of drug-likeness (QED) is 0.270. The highest BCUT2D eigenvalue weighted by Crippen LogP contribution is 2.13. The molecule has 3 heteroatoms. The predicted molar refractivity (Wildman–Crippen MR) is 112 cm³/mol. The lowest BCUT2D eigenvalue weighted by atomic mass is 10.0. The Morgan fingerprint density at radius 2 is 1.52 bits per heavy atom. The van der Waals surface area contributed by atoms with E-state index >= 15 is 0 Å². The highest BCUT2D eigenvalue weighted by atomic mass is 15.3. The molecule has 1 aliphatic heterocycles. The van der Waals surface area contributed by atoms with Gasteiger partial charge in [-0.25, -0.2) is 0 Å². The fourth-order valence-electron chi connectivity index (χ4n) is 3.54. The second-order valence-corrected chi connectivity index (χ2v) is 7.48. The first-order valence-corrected chi connectivity index (χ1v) is 11.0. The van der Waals surface area contributed by atoms with Gasteiger partial charge in [-0.1, -0.05) is 89.7 Å². The normalized spacial score (nSPS) is 17.9. The summed E-state index contributed by atoms with van der Waals surface area (Å²) >= 11 is 0. The van der Waals surface area contributed by atoms with E-state index in [-0.39, 0.29) is 0 Å². The summed E-state index contributed by atoms with van der Waals surface area (Å²) < 4.78 is 0. The van der Waals surface area contributed by atoms with Gasteiger partial charge in [-0.15, -0.1) is 0 Å². The molecule has 146 valence electrons. The van der Waals surface area contributed by atoms with Gasteiger partial charge in [-0.3, -0.25) is 9.89 Å². The minimum absolute atomic E-state index is 0.335. The summed E-state index contributed by atoms with van der Waals surface area (Å²) in [6, 6.07) is 0. The van der Waals surface area contributed by atoms with Crippen LogP contribution in [-0.4, -0.2) is 36.9 Å². The number of nitrogens with two attached hydrogens (primary N) is 1. The van der Waals surface area contributed by atoms with Crippen LogP contribution in [0.4, 0.5) is 0 Å². The fraction of sp³-hybridized carbons (Fsp3) is 0.864. The summed E-state index contributed by atoms with van der Waals surface area (Å²) in [7, 11) is 0. The van der Waals surface area contributed by atoms with E-state index < -0.39 is 0 Å². The maximum absolute atomic E-state index is 5.64. The minimum atomic E-state index is 0.335. The third-order valence-corrected chi connectivity index (χ3v) is 5.17. The van der Waals surface area contributed by atoms with Crippen LogP contribution in [0.25, 0.3) is 0 Å². The third kappa shape index (κ3) is 12.3. The maximum atomic E-state index is 5.64. The standard InChI is InChI=1S/C22H43N3/c1-2-3-4-5-6-7-8-9-10-11-12-13-14-15-16-17-22-24-19-21-25(22)20-18-23/h15-16,19,22H,2-14,17-18,20-21,23H2,1H3/b16-15+. The summed E-state index contributed by atoms with van der Waals surface area (Å²) in [5.74, 6) is 0. The average molecular weight is 350 g/mol. The zero-order chi connectivity index (χ0) is 18.0. The van der Waals surface area contributed by atoms with Crippen LogP contribution < -0.4 is 5.73 Å². The molecule has 1 aliphatic rings. The highest BCUT2D eigenvalue weighted by molar-refractivity contribution is 5.62. The Hall–Kier alpha value is -0.670. The molecule has 0 radical (unpaired) electrons. The van der Waals surface area contributed by atoms with Crippen molar-refractivity contribution in [3.63, 3.8) is 0 Å². The Bertz CT molecular complexity index is 338. The van der Waals surface area contributed by atoms with Crippen LogP contribution in [0.15, 0.2) is 17.1 Å². The molecular formula is C22H43N3. The van der Waals surface area contributed by atoms with Crippen LogP contribution in [0.5, 0.6) is 0 Å². The molecule has 1 rings (SSSR count). The topological polar surface area (TPSA) is 41.6 Å². The van der Waals surface area contributed by atoms with Crippen molar-refractivity contribution in [2.75, 3.05) is 19.6 Å². The van der Waals surface area contributed by atoms with Gasteiger partial charge >= 0.3 is 0 Å². The Morgan fingerprint density at radius 1 is 0.920 bits per heavy atom. The minimum Gasteiger partial charge on any atom is -0.329 e. The molecule has 1 unspecified atom stereocenters. The van der Waals surface area contributed by atoms with Crippen molar-refractivity contribution in [3.05, 3.63) is 12.2 Å². The summed E-state index contributed by atoms with van der Waals surface area (Å²) in [6.45, 7) is 4.94. The van der Waals surface area contributed by atoms with Gasteiger partial charge in [0.05, 0.1) is 0 Å². The zero-order valence-electron chi connectivity index (χ0n) is 16.8. The van der Waals surface area contributed by atoms with Crippen molar-refractivity contribution in [3.8, 4) is 0 Å². The zero-order valence-corrected chi connectivity index (χ0v) is 16.8. The van der Waals surface area contributed by atoms with E-state index in [0.717, 1.165) is 26.1 Å². The number of rotatable bonds is 17. The molecule has 1 heterocycles.